The zero-order valence-corrected chi connectivity index (χ0v) is 20.7. The molecule has 168 valence electrons. The van der Waals surface area contributed by atoms with Crippen molar-refractivity contribution >= 4 is 47.4 Å². The molecule has 1 aromatic carbocycles. The summed E-state index contributed by atoms with van der Waals surface area (Å²) in [7, 11) is 1.75. The average molecular weight is 552 g/mol. The van der Waals surface area contributed by atoms with Gasteiger partial charge in [-0.15, -0.1) is 24.0 Å². The smallest absolute Gasteiger partial charge is 0.236 e. The maximum Gasteiger partial charge on any atom is 0.236 e. The van der Waals surface area contributed by atoms with Crippen LogP contribution >= 0.6 is 35.6 Å². The van der Waals surface area contributed by atoms with Crippen LogP contribution in [0.15, 0.2) is 23.2 Å². The van der Waals surface area contributed by atoms with Crippen molar-refractivity contribution < 1.29 is 9.18 Å². The van der Waals surface area contributed by atoms with E-state index in [2.05, 4.69) is 20.1 Å². The van der Waals surface area contributed by atoms with Crippen LogP contribution in [-0.4, -0.2) is 86.0 Å². The summed E-state index contributed by atoms with van der Waals surface area (Å²) in [5.74, 6) is 0.781. The number of aliphatic imine (C=N–C) groups is 1. The third-order valence-corrected chi connectivity index (χ3v) is 6.03. The summed E-state index contributed by atoms with van der Waals surface area (Å²) in [4.78, 5) is 23.2. The number of piperazine rings is 1. The van der Waals surface area contributed by atoms with Gasteiger partial charge in [0.2, 0.25) is 5.91 Å². The fourth-order valence-electron chi connectivity index (χ4n) is 3.96. The van der Waals surface area contributed by atoms with E-state index in [1.807, 2.05) is 4.90 Å². The van der Waals surface area contributed by atoms with E-state index in [9.17, 15) is 9.18 Å². The molecule has 1 N–H and O–H groups in total. The van der Waals surface area contributed by atoms with Gasteiger partial charge in [-0.05, 0) is 37.8 Å². The van der Waals surface area contributed by atoms with E-state index in [0.717, 1.165) is 58.1 Å². The predicted octanol–water partition coefficient (Wildman–Crippen LogP) is 2.85. The maximum absolute atomic E-state index is 13.9. The Morgan fingerprint density at radius 1 is 1.10 bits per heavy atom. The van der Waals surface area contributed by atoms with Crippen molar-refractivity contribution in [2.75, 3.05) is 59.4 Å². The van der Waals surface area contributed by atoms with E-state index in [1.165, 1.54) is 12.5 Å². The van der Waals surface area contributed by atoms with Gasteiger partial charge in [0.15, 0.2) is 5.96 Å². The zero-order chi connectivity index (χ0) is 20.6. The lowest BCUT2D eigenvalue weighted by Gasteiger charge is -2.37. The highest BCUT2D eigenvalue weighted by Gasteiger charge is 2.24. The maximum atomic E-state index is 13.9. The number of hydrogen-bond acceptors (Lipinski definition) is 3. The van der Waals surface area contributed by atoms with Gasteiger partial charge in [-0.25, -0.2) is 4.39 Å². The Bertz CT molecular complexity index is 701. The van der Waals surface area contributed by atoms with Gasteiger partial charge in [-0.2, -0.15) is 0 Å². The van der Waals surface area contributed by atoms with E-state index in [4.69, 9.17) is 11.6 Å². The summed E-state index contributed by atoms with van der Waals surface area (Å²) in [6.45, 7) is 6.16. The molecule has 0 bridgehead atoms. The lowest BCUT2D eigenvalue weighted by Crippen LogP contribution is -2.54. The molecular weight excluding hydrogens is 520 g/mol. The van der Waals surface area contributed by atoms with E-state index in [-0.39, 0.29) is 35.7 Å². The van der Waals surface area contributed by atoms with Crippen molar-refractivity contribution in [1.82, 2.24) is 20.0 Å². The number of halogens is 3. The molecule has 2 saturated heterocycles. The molecule has 0 aliphatic carbocycles. The standard InChI is InChI=1S/C21H31ClFN5O.HI/c1-24-21(25-9-8-17-18(22)6-5-7-19(17)23)28-14-12-26(13-15-28)16-20(29)27-10-3-2-4-11-27;/h5-7H,2-4,8-16H2,1H3,(H,24,25);1H. The Balaban J connectivity index is 0.00000320. The van der Waals surface area contributed by atoms with Gasteiger partial charge >= 0.3 is 0 Å². The molecule has 6 nitrogen and oxygen atoms in total. The fourth-order valence-corrected chi connectivity index (χ4v) is 4.21. The number of rotatable bonds is 5. The molecule has 30 heavy (non-hydrogen) atoms. The summed E-state index contributed by atoms with van der Waals surface area (Å²) in [5, 5.41) is 3.76. The minimum Gasteiger partial charge on any atom is -0.356 e. The highest BCUT2D eigenvalue weighted by molar-refractivity contribution is 14.0. The Kier molecular flexibility index (Phi) is 10.6. The van der Waals surface area contributed by atoms with Gasteiger partial charge in [-0.3, -0.25) is 14.7 Å². The molecule has 0 radical (unpaired) electrons. The number of guanidine groups is 1. The van der Waals surface area contributed by atoms with Crippen LogP contribution in [0.2, 0.25) is 5.02 Å². The normalized spacial score (nSPS) is 18.2. The first kappa shape index (κ1) is 25.1. The summed E-state index contributed by atoms with van der Waals surface area (Å²) in [5.41, 5.74) is 0.526. The minimum atomic E-state index is -0.277. The van der Waals surface area contributed by atoms with Crippen molar-refractivity contribution in [2.24, 2.45) is 4.99 Å². The van der Waals surface area contributed by atoms with Gasteiger partial charge in [0.1, 0.15) is 5.82 Å². The molecule has 1 aromatic rings. The Morgan fingerprint density at radius 2 is 1.80 bits per heavy atom. The fraction of sp³-hybridized carbons (Fsp3) is 0.619. The quantitative estimate of drug-likeness (QED) is 0.348. The van der Waals surface area contributed by atoms with E-state index in [0.29, 0.717) is 30.1 Å². The number of hydrogen-bond donors (Lipinski definition) is 1. The first-order valence-corrected chi connectivity index (χ1v) is 10.8. The Labute approximate surface area is 200 Å². The SMILES string of the molecule is CN=C(NCCc1c(F)cccc1Cl)N1CCN(CC(=O)N2CCCCC2)CC1.I. The summed E-state index contributed by atoms with van der Waals surface area (Å²) >= 11 is 6.10. The lowest BCUT2D eigenvalue weighted by atomic mass is 10.1. The number of amides is 1. The van der Waals surface area contributed by atoms with E-state index < -0.39 is 0 Å². The molecule has 0 saturated carbocycles. The first-order chi connectivity index (χ1) is 14.1. The number of carbonyl (C=O) groups is 1. The zero-order valence-electron chi connectivity index (χ0n) is 17.6. The minimum absolute atomic E-state index is 0. The van der Waals surface area contributed by atoms with Crippen LogP contribution in [0.5, 0.6) is 0 Å². The number of carbonyl (C=O) groups excluding carboxylic acids is 1. The molecule has 0 unspecified atom stereocenters. The molecule has 3 rings (SSSR count). The monoisotopic (exact) mass is 551 g/mol. The predicted molar refractivity (Wildman–Crippen MR) is 130 cm³/mol. The largest absolute Gasteiger partial charge is 0.356 e. The van der Waals surface area contributed by atoms with Gasteiger partial charge in [0, 0.05) is 63.4 Å². The number of nitrogens with zero attached hydrogens (tertiary/aromatic N) is 4. The molecule has 1 amide bonds. The van der Waals surface area contributed by atoms with Crippen LogP contribution in [0, 0.1) is 5.82 Å². The molecule has 2 aliphatic rings. The molecule has 0 spiro atoms. The summed E-state index contributed by atoms with van der Waals surface area (Å²) in [6, 6.07) is 4.75. The highest BCUT2D eigenvalue weighted by atomic mass is 127. The van der Waals surface area contributed by atoms with Gasteiger partial charge in [-0.1, -0.05) is 17.7 Å². The van der Waals surface area contributed by atoms with E-state index in [1.54, 1.807) is 19.2 Å². The Hall–Kier alpha value is -1.13. The second-order valence-electron chi connectivity index (χ2n) is 7.63. The van der Waals surface area contributed by atoms with Crippen molar-refractivity contribution in [3.05, 3.63) is 34.6 Å². The van der Waals surface area contributed by atoms with Crippen molar-refractivity contribution in [3.8, 4) is 0 Å². The summed E-state index contributed by atoms with van der Waals surface area (Å²) in [6.07, 6.45) is 3.98. The van der Waals surface area contributed by atoms with Crippen molar-refractivity contribution in [1.29, 1.82) is 0 Å². The van der Waals surface area contributed by atoms with Crippen LogP contribution in [0.3, 0.4) is 0 Å². The van der Waals surface area contributed by atoms with Crippen LogP contribution < -0.4 is 5.32 Å². The second kappa shape index (κ2) is 12.7. The van der Waals surface area contributed by atoms with Gasteiger partial charge < -0.3 is 15.1 Å². The van der Waals surface area contributed by atoms with Crippen molar-refractivity contribution in [2.45, 2.75) is 25.7 Å². The molecule has 2 aliphatic heterocycles. The lowest BCUT2D eigenvalue weighted by molar-refractivity contribution is -0.133. The molecule has 2 fully saturated rings. The number of nitrogens with one attached hydrogen (secondary N) is 1. The van der Waals surface area contributed by atoms with Crippen LogP contribution in [0.4, 0.5) is 4.39 Å². The third kappa shape index (κ3) is 6.95. The van der Waals surface area contributed by atoms with Crippen LogP contribution in [-0.2, 0) is 11.2 Å². The van der Waals surface area contributed by atoms with Crippen molar-refractivity contribution in [3.63, 3.8) is 0 Å². The molecule has 0 atom stereocenters. The number of piperidine rings is 1. The molecule has 0 aromatic heterocycles. The van der Waals surface area contributed by atoms with Gasteiger partial charge in [0.05, 0.1) is 6.54 Å². The number of benzene rings is 1. The molecular formula is C21H32ClFIN5O. The molecule has 2 heterocycles. The van der Waals surface area contributed by atoms with Crippen LogP contribution in [0.1, 0.15) is 24.8 Å². The molecule has 9 heteroatoms. The van der Waals surface area contributed by atoms with Crippen LogP contribution in [0.25, 0.3) is 0 Å². The third-order valence-electron chi connectivity index (χ3n) is 5.67. The second-order valence-corrected chi connectivity index (χ2v) is 8.04. The van der Waals surface area contributed by atoms with E-state index >= 15 is 0 Å². The highest BCUT2D eigenvalue weighted by Crippen LogP contribution is 2.19. The summed E-state index contributed by atoms with van der Waals surface area (Å²) < 4.78 is 13.9. The Morgan fingerprint density at radius 3 is 2.43 bits per heavy atom. The first-order valence-electron chi connectivity index (χ1n) is 10.5. The number of likely N-dealkylation sites (tertiary alicyclic amines) is 1. The van der Waals surface area contributed by atoms with Gasteiger partial charge in [0.25, 0.3) is 0 Å². The average Bonchev–Trinajstić information content (AvgIpc) is 2.74. The topological polar surface area (TPSA) is 51.2 Å².